The average molecular weight is 291 g/mol. The lowest BCUT2D eigenvalue weighted by Crippen LogP contribution is -2.36. The first-order valence-electron chi connectivity index (χ1n) is 7.05. The second kappa shape index (κ2) is 5.83. The number of hydrogen-bond donors (Lipinski definition) is 1. The largest absolute Gasteiger partial charge is 0.458 e. The van der Waals surface area contributed by atoms with E-state index in [4.69, 9.17) is 0 Å². The zero-order valence-electron chi connectivity index (χ0n) is 11.6. The number of anilines is 1. The third-order valence-corrected chi connectivity index (χ3v) is 4.94. The summed E-state index contributed by atoms with van der Waals surface area (Å²) in [5.41, 5.74) is 0.887. The second-order valence-electron chi connectivity index (χ2n) is 5.51. The number of hydrogen-bond acceptors (Lipinski definition) is 4. The van der Waals surface area contributed by atoms with Crippen LogP contribution in [0.25, 0.3) is 11.0 Å². The monoisotopic (exact) mass is 291 g/mol. The average Bonchev–Trinajstić information content (AvgIpc) is 2.96. The molecule has 0 bridgehead atoms. The van der Waals surface area contributed by atoms with Crippen LogP contribution in [0.5, 0.6) is 0 Å². The Bertz CT molecular complexity index is 592. The number of H-pyrrole nitrogens is 1. The molecule has 0 aromatic carbocycles. The van der Waals surface area contributed by atoms with Crippen LogP contribution in [0.1, 0.15) is 25.7 Å². The van der Waals surface area contributed by atoms with Crippen LogP contribution in [0.4, 0.5) is 5.82 Å². The molecule has 6 heteroatoms. The van der Waals surface area contributed by atoms with Crippen LogP contribution >= 0.6 is 0 Å². The van der Waals surface area contributed by atoms with Crippen LogP contribution in [0.2, 0.25) is 0 Å². The van der Waals surface area contributed by atoms with Crippen LogP contribution in [0, 0.1) is 5.92 Å². The fraction of sp³-hybridized carbons (Fsp3) is 0.571. The molecule has 3 rings (SSSR count). The van der Waals surface area contributed by atoms with E-state index < -0.39 is 0 Å². The minimum atomic E-state index is 0.510. The lowest BCUT2D eigenvalue weighted by atomic mass is 9.86. The smallest absolute Gasteiger partial charge is 0.356 e. The molecular formula is C14H19N4OS+. The van der Waals surface area contributed by atoms with E-state index in [1.807, 2.05) is 12.3 Å². The molecule has 20 heavy (non-hydrogen) atoms. The molecule has 1 fully saturated rings. The lowest BCUT2D eigenvalue weighted by Gasteiger charge is -2.34. The van der Waals surface area contributed by atoms with Crippen molar-refractivity contribution < 1.29 is 4.21 Å². The molecule has 2 aromatic rings. The molecule has 0 atom stereocenters. The van der Waals surface area contributed by atoms with E-state index in [9.17, 15) is 4.21 Å². The summed E-state index contributed by atoms with van der Waals surface area (Å²) in [6.07, 6.45) is 8.08. The normalized spacial score (nSPS) is 22.9. The molecule has 1 saturated carbocycles. The Morgan fingerprint density at radius 1 is 1.35 bits per heavy atom. The van der Waals surface area contributed by atoms with E-state index in [1.54, 1.807) is 6.33 Å². The second-order valence-corrected chi connectivity index (χ2v) is 6.08. The zero-order valence-corrected chi connectivity index (χ0v) is 12.4. The highest BCUT2D eigenvalue weighted by molar-refractivity contribution is 7.65. The van der Waals surface area contributed by atoms with E-state index in [-0.39, 0.29) is 0 Å². The van der Waals surface area contributed by atoms with Crippen molar-refractivity contribution in [3.63, 3.8) is 0 Å². The van der Waals surface area contributed by atoms with Crippen molar-refractivity contribution in [3.8, 4) is 0 Å². The zero-order chi connectivity index (χ0) is 13.9. The predicted molar refractivity (Wildman–Crippen MR) is 81.0 cm³/mol. The van der Waals surface area contributed by atoms with E-state index in [0.29, 0.717) is 12.0 Å². The van der Waals surface area contributed by atoms with Gasteiger partial charge in [-0.3, -0.25) is 0 Å². The maximum Gasteiger partial charge on any atom is 0.458 e. The summed E-state index contributed by atoms with van der Waals surface area (Å²) in [5, 5.41) is 1.08. The fourth-order valence-corrected chi connectivity index (χ4v) is 3.63. The van der Waals surface area contributed by atoms with E-state index >= 15 is 0 Å². The van der Waals surface area contributed by atoms with Gasteiger partial charge in [0.2, 0.25) is 5.75 Å². The summed E-state index contributed by atoms with van der Waals surface area (Å²) >= 11 is 0.729. The van der Waals surface area contributed by atoms with Crippen molar-refractivity contribution in [1.82, 2.24) is 15.0 Å². The van der Waals surface area contributed by atoms with Gasteiger partial charge in [-0.1, -0.05) is 0 Å². The first kappa shape index (κ1) is 13.4. The SMILES string of the molecule is CN(c1ncnc2[nH]ccc12)[C@H]1CC[C@@H](C[S+]=O)CC1. The quantitative estimate of drug-likeness (QED) is 0.879. The molecule has 106 valence electrons. The lowest BCUT2D eigenvalue weighted by molar-refractivity contribution is 0.343. The van der Waals surface area contributed by atoms with Gasteiger partial charge >= 0.3 is 11.7 Å². The van der Waals surface area contributed by atoms with E-state index in [0.717, 1.165) is 60.0 Å². The number of nitrogens with zero attached hydrogens (tertiary/aromatic N) is 3. The number of aromatic nitrogens is 3. The predicted octanol–water partition coefficient (Wildman–Crippen LogP) is 2.38. The molecule has 0 saturated heterocycles. The van der Waals surface area contributed by atoms with Gasteiger partial charge in [0.15, 0.2) is 0 Å². The highest BCUT2D eigenvalue weighted by Gasteiger charge is 2.28. The number of nitrogens with one attached hydrogen (secondary N) is 1. The van der Waals surface area contributed by atoms with Crippen LogP contribution in [-0.2, 0) is 15.9 Å². The standard InChI is InChI=1S/C14H19N4OS/c1-18(11-4-2-10(3-5-11)8-20-19)14-12-6-7-15-13(12)16-9-17-14/h6-7,9-11H,2-5,8H2,1H3,(H,15,16,17)/q+1/t10-,11+. The summed E-state index contributed by atoms with van der Waals surface area (Å²) in [6, 6.07) is 2.54. The highest BCUT2D eigenvalue weighted by Crippen LogP contribution is 2.31. The van der Waals surface area contributed by atoms with Crippen molar-refractivity contribution >= 4 is 28.5 Å². The minimum absolute atomic E-state index is 0.510. The summed E-state index contributed by atoms with van der Waals surface area (Å²) in [5.74, 6) is 2.35. The first-order valence-corrected chi connectivity index (χ1v) is 7.96. The van der Waals surface area contributed by atoms with Crippen LogP contribution in [0.3, 0.4) is 0 Å². The van der Waals surface area contributed by atoms with Crippen molar-refractivity contribution in [3.05, 3.63) is 18.6 Å². The van der Waals surface area contributed by atoms with Crippen LogP contribution in [0.15, 0.2) is 18.6 Å². The molecule has 0 spiro atoms. The number of aromatic amines is 1. The van der Waals surface area contributed by atoms with Crippen molar-refractivity contribution in [2.45, 2.75) is 31.7 Å². The van der Waals surface area contributed by atoms with Gasteiger partial charge < -0.3 is 9.88 Å². The Hall–Kier alpha value is -1.56. The van der Waals surface area contributed by atoms with E-state index in [2.05, 4.69) is 26.9 Å². The van der Waals surface area contributed by atoms with Crippen molar-refractivity contribution in [1.29, 1.82) is 0 Å². The van der Waals surface area contributed by atoms with Crippen LogP contribution < -0.4 is 4.90 Å². The van der Waals surface area contributed by atoms with Crippen molar-refractivity contribution in [2.24, 2.45) is 5.92 Å². The highest BCUT2D eigenvalue weighted by atomic mass is 32.1. The van der Waals surface area contributed by atoms with Gasteiger partial charge in [0, 0.05) is 29.4 Å². The Morgan fingerprint density at radius 3 is 2.90 bits per heavy atom. The van der Waals surface area contributed by atoms with Gasteiger partial charge in [-0.2, -0.15) is 0 Å². The maximum atomic E-state index is 10.6. The van der Waals surface area contributed by atoms with Gasteiger partial charge in [-0.15, -0.1) is 0 Å². The molecule has 2 heterocycles. The first-order chi connectivity index (χ1) is 9.79. The Balaban J connectivity index is 1.75. The van der Waals surface area contributed by atoms with Gasteiger partial charge in [-0.05, 0) is 31.7 Å². The Morgan fingerprint density at radius 2 is 2.15 bits per heavy atom. The topological polar surface area (TPSA) is 61.9 Å². The third kappa shape index (κ3) is 2.52. The number of rotatable bonds is 4. The number of fused-ring (bicyclic) bond motifs is 1. The van der Waals surface area contributed by atoms with Gasteiger partial charge in [0.1, 0.15) is 17.8 Å². The molecular weight excluding hydrogens is 272 g/mol. The van der Waals surface area contributed by atoms with Crippen LogP contribution in [-0.4, -0.2) is 33.8 Å². The summed E-state index contributed by atoms with van der Waals surface area (Å²) in [6.45, 7) is 0. The molecule has 2 aromatic heterocycles. The van der Waals surface area contributed by atoms with Crippen molar-refractivity contribution in [2.75, 3.05) is 17.7 Å². The molecule has 1 aliphatic carbocycles. The molecule has 5 nitrogen and oxygen atoms in total. The molecule has 0 aliphatic heterocycles. The molecule has 1 N–H and O–H groups in total. The molecule has 0 amide bonds. The summed E-state index contributed by atoms with van der Waals surface area (Å²) in [4.78, 5) is 14.1. The minimum Gasteiger partial charge on any atom is -0.356 e. The Labute approximate surface area is 122 Å². The van der Waals surface area contributed by atoms with Gasteiger partial charge in [0.05, 0.1) is 5.39 Å². The van der Waals surface area contributed by atoms with Gasteiger partial charge in [0.25, 0.3) is 0 Å². The maximum absolute atomic E-state index is 10.6. The van der Waals surface area contributed by atoms with E-state index in [1.165, 1.54) is 0 Å². The Kier molecular flexibility index (Phi) is 3.91. The summed E-state index contributed by atoms with van der Waals surface area (Å²) in [7, 11) is 2.11. The third-order valence-electron chi connectivity index (χ3n) is 4.33. The molecule has 0 unspecified atom stereocenters. The van der Waals surface area contributed by atoms with Gasteiger partial charge in [-0.25, -0.2) is 9.97 Å². The fourth-order valence-electron chi connectivity index (χ4n) is 3.11. The summed E-state index contributed by atoms with van der Waals surface area (Å²) < 4.78 is 10.6. The molecule has 1 aliphatic rings. The molecule has 0 radical (unpaired) electrons.